The fourth-order valence-electron chi connectivity index (χ4n) is 5.58. The first-order valence-corrected chi connectivity index (χ1v) is 16.0. The van der Waals surface area contributed by atoms with E-state index in [1.165, 1.54) is 77.4 Å². The number of aliphatic hydroxyl groups excluding tert-OH is 1. The smallest absolute Gasteiger partial charge is 0.306 e. The molecule has 236 valence electrons. The standard InChI is InChI=1S/C35H54O7/c1-6-7-8-9-10-11-12-13-14-15-16-17-18-19-33(39)41-25-27-21-31(40-5)29-22-32(38)35(4,23-28(37)20-26(2)3)42-34(29)30(27)24-36/h20-21,24,32,38H,6-19,22-23,25H2,1-5H3/t32-,35-/m0/s1. The number of hydrogen-bond acceptors (Lipinski definition) is 7. The van der Waals surface area contributed by atoms with Crippen molar-refractivity contribution in [3.8, 4) is 11.5 Å². The van der Waals surface area contributed by atoms with Gasteiger partial charge in [-0.1, -0.05) is 89.5 Å². The van der Waals surface area contributed by atoms with Crippen molar-refractivity contribution in [2.24, 2.45) is 0 Å². The molecule has 0 aliphatic carbocycles. The molecule has 2 atom stereocenters. The van der Waals surface area contributed by atoms with Gasteiger partial charge in [0, 0.05) is 24.0 Å². The molecule has 0 saturated carbocycles. The highest BCUT2D eigenvalue weighted by Gasteiger charge is 2.43. The summed E-state index contributed by atoms with van der Waals surface area (Å²) >= 11 is 0. The van der Waals surface area contributed by atoms with Crippen LogP contribution in [-0.4, -0.2) is 42.0 Å². The number of carbonyl (C=O) groups excluding carboxylic acids is 3. The van der Waals surface area contributed by atoms with Gasteiger partial charge >= 0.3 is 5.97 Å². The Hall–Kier alpha value is -2.67. The monoisotopic (exact) mass is 586 g/mol. The molecule has 1 heterocycles. The molecule has 1 aliphatic heterocycles. The number of allylic oxidation sites excluding steroid dienone is 2. The molecule has 7 heteroatoms. The fourth-order valence-corrected chi connectivity index (χ4v) is 5.58. The number of aldehydes is 1. The average Bonchev–Trinajstić information content (AvgIpc) is 2.94. The van der Waals surface area contributed by atoms with Crippen LogP contribution in [0.5, 0.6) is 11.5 Å². The van der Waals surface area contributed by atoms with Crippen LogP contribution in [0.25, 0.3) is 0 Å². The molecule has 7 nitrogen and oxygen atoms in total. The minimum Gasteiger partial charge on any atom is -0.496 e. The van der Waals surface area contributed by atoms with Crippen molar-refractivity contribution in [3.63, 3.8) is 0 Å². The normalized spacial score (nSPS) is 17.6. The number of rotatable bonds is 21. The van der Waals surface area contributed by atoms with Gasteiger partial charge in [0.25, 0.3) is 0 Å². The van der Waals surface area contributed by atoms with Crippen molar-refractivity contribution >= 4 is 18.0 Å². The summed E-state index contributed by atoms with van der Waals surface area (Å²) in [4.78, 5) is 37.2. The minimum absolute atomic E-state index is 0.0439. The quantitative estimate of drug-likeness (QED) is 0.0674. The van der Waals surface area contributed by atoms with E-state index in [0.717, 1.165) is 24.8 Å². The second-order valence-corrected chi connectivity index (χ2v) is 12.2. The Balaban J connectivity index is 1.85. The van der Waals surface area contributed by atoms with E-state index in [4.69, 9.17) is 14.2 Å². The summed E-state index contributed by atoms with van der Waals surface area (Å²) in [6, 6.07) is 1.66. The summed E-state index contributed by atoms with van der Waals surface area (Å²) < 4.78 is 17.3. The van der Waals surface area contributed by atoms with Crippen LogP contribution in [0.1, 0.15) is 145 Å². The number of aliphatic hydroxyl groups is 1. The predicted octanol–water partition coefficient (Wildman–Crippen LogP) is 8.01. The van der Waals surface area contributed by atoms with E-state index >= 15 is 0 Å². The largest absolute Gasteiger partial charge is 0.496 e. The summed E-state index contributed by atoms with van der Waals surface area (Å²) in [6.45, 7) is 7.49. The van der Waals surface area contributed by atoms with Crippen LogP contribution in [0.3, 0.4) is 0 Å². The molecular weight excluding hydrogens is 532 g/mol. The molecule has 0 unspecified atom stereocenters. The van der Waals surface area contributed by atoms with E-state index in [1.807, 2.05) is 13.8 Å². The molecule has 42 heavy (non-hydrogen) atoms. The van der Waals surface area contributed by atoms with Gasteiger partial charge in [-0.15, -0.1) is 0 Å². The highest BCUT2D eigenvalue weighted by Crippen LogP contribution is 2.43. The summed E-state index contributed by atoms with van der Waals surface area (Å²) in [5.74, 6) is 0.234. The number of unbranched alkanes of at least 4 members (excludes halogenated alkanes) is 12. The lowest BCUT2D eigenvalue weighted by atomic mass is 9.83. The van der Waals surface area contributed by atoms with E-state index in [0.29, 0.717) is 29.6 Å². The molecule has 0 bridgehead atoms. The molecule has 1 aromatic carbocycles. The van der Waals surface area contributed by atoms with E-state index in [2.05, 4.69) is 6.92 Å². The third-order valence-electron chi connectivity index (χ3n) is 8.09. The SMILES string of the molecule is CCCCCCCCCCCCCCCC(=O)OCc1cc(OC)c2c(c1C=O)O[C@@](C)(CC(=O)C=C(C)C)[C@@H](O)C2. The molecule has 0 spiro atoms. The Morgan fingerprint density at radius 2 is 1.57 bits per heavy atom. The Morgan fingerprint density at radius 3 is 2.10 bits per heavy atom. The zero-order chi connectivity index (χ0) is 31.0. The number of carbonyl (C=O) groups is 3. The highest BCUT2D eigenvalue weighted by molar-refractivity contribution is 5.91. The second-order valence-electron chi connectivity index (χ2n) is 12.2. The van der Waals surface area contributed by atoms with E-state index in [9.17, 15) is 19.5 Å². The van der Waals surface area contributed by atoms with Crippen LogP contribution in [0.4, 0.5) is 0 Å². The maximum atomic E-state index is 12.5. The molecule has 0 amide bonds. The third-order valence-corrected chi connectivity index (χ3v) is 8.09. The number of ketones is 1. The first-order valence-electron chi connectivity index (χ1n) is 16.0. The molecule has 0 fully saturated rings. The number of ether oxygens (including phenoxy) is 3. The zero-order valence-electron chi connectivity index (χ0n) is 26.7. The number of methoxy groups -OCH3 is 1. The Kier molecular flexibility index (Phi) is 15.9. The van der Waals surface area contributed by atoms with E-state index in [1.54, 1.807) is 13.0 Å². The third kappa shape index (κ3) is 11.5. The number of hydrogen-bond donors (Lipinski definition) is 1. The maximum absolute atomic E-state index is 12.5. The van der Waals surface area contributed by atoms with E-state index < -0.39 is 11.7 Å². The first kappa shape index (κ1) is 35.5. The van der Waals surface area contributed by atoms with Crippen molar-refractivity contribution < 1.29 is 33.7 Å². The van der Waals surface area contributed by atoms with Crippen molar-refractivity contribution in [1.82, 2.24) is 0 Å². The molecular formula is C35H54O7. The number of benzene rings is 1. The van der Waals surface area contributed by atoms with Gasteiger partial charge < -0.3 is 19.3 Å². The van der Waals surface area contributed by atoms with Crippen molar-refractivity contribution in [2.45, 2.75) is 149 Å². The van der Waals surface area contributed by atoms with E-state index in [-0.39, 0.29) is 42.5 Å². The molecule has 0 saturated heterocycles. The topological polar surface area (TPSA) is 99.1 Å². The van der Waals surface area contributed by atoms with Crippen LogP contribution in [0.15, 0.2) is 17.7 Å². The van der Waals surface area contributed by atoms with Gasteiger partial charge in [-0.2, -0.15) is 0 Å². The predicted molar refractivity (Wildman–Crippen MR) is 166 cm³/mol. The van der Waals surface area contributed by atoms with Gasteiger partial charge in [0.1, 0.15) is 23.7 Å². The van der Waals surface area contributed by atoms with Crippen LogP contribution in [0, 0.1) is 0 Å². The van der Waals surface area contributed by atoms with Crippen molar-refractivity contribution in [2.75, 3.05) is 7.11 Å². The zero-order valence-corrected chi connectivity index (χ0v) is 26.7. The van der Waals surface area contributed by atoms with Crippen molar-refractivity contribution in [3.05, 3.63) is 34.4 Å². The van der Waals surface area contributed by atoms with Crippen LogP contribution >= 0.6 is 0 Å². The van der Waals surface area contributed by atoms with Crippen LogP contribution < -0.4 is 9.47 Å². The Bertz CT molecular complexity index is 1040. The lowest BCUT2D eigenvalue weighted by molar-refractivity contribution is -0.145. The van der Waals surface area contributed by atoms with Gasteiger partial charge in [0.05, 0.1) is 25.2 Å². The lowest BCUT2D eigenvalue weighted by Crippen LogP contribution is -2.50. The first-order chi connectivity index (χ1) is 20.1. The summed E-state index contributed by atoms with van der Waals surface area (Å²) in [5.41, 5.74) is 0.900. The second kappa shape index (κ2) is 18.8. The van der Waals surface area contributed by atoms with Crippen LogP contribution in [-0.2, 0) is 27.4 Å². The Labute approximate surface area is 253 Å². The molecule has 1 aliphatic rings. The molecule has 1 aromatic rings. The van der Waals surface area contributed by atoms with Gasteiger partial charge in [-0.25, -0.2) is 0 Å². The highest BCUT2D eigenvalue weighted by atomic mass is 16.5. The summed E-state index contributed by atoms with van der Waals surface area (Å²) in [6.07, 6.45) is 17.8. The van der Waals surface area contributed by atoms with Gasteiger partial charge in [-0.05, 0) is 39.3 Å². The lowest BCUT2D eigenvalue weighted by Gasteiger charge is -2.40. The maximum Gasteiger partial charge on any atom is 0.306 e. The number of esters is 1. The summed E-state index contributed by atoms with van der Waals surface area (Å²) in [7, 11) is 1.50. The van der Waals surface area contributed by atoms with Gasteiger partial charge in [-0.3, -0.25) is 14.4 Å². The fraction of sp³-hybridized carbons (Fsp3) is 0.686. The van der Waals surface area contributed by atoms with Gasteiger partial charge in [0.15, 0.2) is 12.1 Å². The van der Waals surface area contributed by atoms with Crippen LogP contribution in [0.2, 0.25) is 0 Å². The average molecular weight is 587 g/mol. The van der Waals surface area contributed by atoms with Gasteiger partial charge in [0.2, 0.25) is 0 Å². The van der Waals surface area contributed by atoms with Crippen molar-refractivity contribution in [1.29, 1.82) is 0 Å². The summed E-state index contributed by atoms with van der Waals surface area (Å²) in [5, 5.41) is 10.9. The minimum atomic E-state index is -1.22. The Morgan fingerprint density at radius 1 is 1.00 bits per heavy atom. The molecule has 0 aromatic heterocycles. The number of fused-ring (bicyclic) bond motifs is 1. The molecule has 0 radical (unpaired) electrons. The molecule has 2 rings (SSSR count). The molecule has 1 N–H and O–H groups in total.